The van der Waals surface area contributed by atoms with Crippen LogP contribution in [0.3, 0.4) is 0 Å². The van der Waals surface area contributed by atoms with E-state index < -0.39 is 0 Å². The van der Waals surface area contributed by atoms with Crippen molar-refractivity contribution in [2.75, 3.05) is 0 Å². The topological polar surface area (TPSA) is 48.9 Å². The van der Waals surface area contributed by atoms with Crippen molar-refractivity contribution in [3.8, 4) is 0 Å². The number of aliphatic hydroxyl groups excluding tert-OH is 1. The molecule has 2 aliphatic rings. The van der Waals surface area contributed by atoms with Gasteiger partial charge >= 0.3 is 0 Å². The van der Waals surface area contributed by atoms with E-state index in [0.29, 0.717) is 5.92 Å². The monoisotopic (exact) mass is 350 g/mol. The first-order valence-electron chi connectivity index (χ1n) is 9.02. The Kier molecular flexibility index (Phi) is 3.41. The number of hydrogen-bond donors (Lipinski definition) is 2. The van der Waals surface area contributed by atoms with Gasteiger partial charge in [-0.25, -0.2) is 0 Å². The van der Waals surface area contributed by atoms with Gasteiger partial charge < -0.3 is 5.11 Å². The number of nitrogens with one attached hydrogen (secondary N) is 1. The molecule has 1 fully saturated rings. The maximum atomic E-state index is 11.0. The van der Waals surface area contributed by atoms with Gasteiger partial charge in [0.1, 0.15) is 0 Å². The van der Waals surface area contributed by atoms with Crippen molar-refractivity contribution in [1.82, 2.24) is 10.2 Å². The quantitative estimate of drug-likeness (QED) is 0.690. The van der Waals surface area contributed by atoms with Crippen molar-refractivity contribution in [1.29, 1.82) is 0 Å². The minimum Gasteiger partial charge on any atom is -0.388 e. The molecule has 0 spiro atoms. The molecule has 3 atom stereocenters. The van der Waals surface area contributed by atoms with Crippen LogP contribution in [-0.2, 0) is 6.42 Å². The zero-order chi connectivity index (χ0) is 17.0. The number of nitrogens with zero attached hydrogens (tertiary/aromatic N) is 1. The van der Waals surface area contributed by atoms with Gasteiger partial charge in [0.25, 0.3) is 0 Å². The van der Waals surface area contributed by atoms with Gasteiger partial charge in [0.2, 0.25) is 0 Å². The van der Waals surface area contributed by atoms with Crippen LogP contribution in [0.25, 0.3) is 16.2 Å². The number of H-pyrrole nitrogens is 1. The van der Waals surface area contributed by atoms with E-state index in [-0.39, 0.29) is 11.5 Å². The Morgan fingerprint density at radius 3 is 3.20 bits per heavy atom. The van der Waals surface area contributed by atoms with E-state index in [1.165, 1.54) is 33.3 Å². The molecule has 5 rings (SSSR count). The van der Waals surface area contributed by atoms with E-state index in [1.54, 1.807) is 11.3 Å². The Hall–Kier alpha value is -1.91. The van der Waals surface area contributed by atoms with E-state index in [1.807, 2.05) is 6.20 Å². The van der Waals surface area contributed by atoms with Crippen LogP contribution >= 0.6 is 11.3 Å². The first-order chi connectivity index (χ1) is 12.1. The fourth-order valence-corrected chi connectivity index (χ4v) is 5.89. The Morgan fingerprint density at radius 1 is 1.40 bits per heavy atom. The second-order valence-corrected chi connectivity index (χ2v) is 8.66. The summed E-state index contributed by atoms with van der Waals surface area (Å²) in [6.45, 7) is 2.38. The van der Waals surface area contributed by atoms with Gasteiger partial charge in [0.15, 0.2) is 0 Å². The predicted octanol–water partition coefficient (Wildman–Crippen LogP) is 5.10. The molecular weight excluding hydrogens is 328 g/mol. The number of aromatic amines is 1. The Morgan fingerprint density at radius 2 is 2.28 bits per heavy atom. The summed E-state index contributed by atoms with van der Waals surface area (Å²) in [6.07, 6.45) is 8.05. The summed E-state index contributed by atoms with van der Waals surface area (Å²) in [4.78, 5) is 0. The van der Waals surface area contributed by atoms with Gasteiger partial charge in [-0.2, -0.15) is 5.10 Å². The van der Waals surface area contributed by atoms with Crippen molar-refractivity contribution in [3.05, 3.63) is 58.2 Å². The van der Waals surface area contributed by atoms with Crippen LogP contribution in [0.1, 0.15) is 49.1 Å². The van der Waals surface area contributed by atoms with Crippen molar-refractivity contribution >= 4 is 27.5 Å². The largest absolute Gasteiger partial charge is 0.388 e. The number of benzene rings is 1. The normalized spacial score (nSPS) is 26.3. The first kappa shape index (κ1) is 15.4. The third kappa shape index (κ3) is 2.31. The second kappa shape index (κ2) is 5.55. The molecule has 0 unspecified atom stereocenters. The highest BCUT2D eigenvalue weighted by Gasteiger charge is 2.45. The summed E-state index contributed by atoms with van der Waals surface area (Å²) < 4.78 is 1.26. The molecular formula is C21H22N2OS. The lowest BCUT2D eigenvalue weighted by Crippen LogP contribution is -2.29. The number of allylic oxidation sites excluding steroid dienone is 1. The molecule has 0 amide bonds. The summed E-state index contributed by atoms with van der Waals surface area (Å²) in [5.41, 5.74) is 5.27. The molecule has 128 valence electrons. The van der Waals surface area contributed by atoms with E-state index in [2.05, 4.69) is 52.8 Å². The zero-order valence-electron chi connectivity index (χ0n) is 14.3. The molecule has 3 nitrogen and oxygen atoms in total. The van der Waals surface area contributed by atoms with Crippen molar-refractivity contribution < 1.29 is 5.11 Å². The van der Waals surface area contributed by atoms with Crippen molar-refractivity contribution in [3.63, 3.8) is 0 Å². The lowest BCUT2D eigenvalue weighted by molar-refractivity contribution is 0.114. The maximum absolute atomic E-state index is 11.0. The van der Waals surface area contributed by atoms with E-state index in [9.17, 15) is 5.11 Å². The SMILES string of the molecule is C[C@]12Cc3cn[nH]c3C=C1CC[C@@H]2C[C@@H](O)c1csc2ccccc12. The van der Waals surface area contributed by atoms with Crippen LogP contribution < -0.4 is 0 Å². The van der Waals surface area contributed by atoms with Gasteiger partial charge in [0.05, 0.1) is 18.0 Å². The number of aliphatic hydroxyl groups is 1. The second-order valence-electron chi connectivity index (χ2n) is 7.75. The van der Waals surface area contributed by atoms with Crippen molar-refractivity contribution in [2.45, 2.75) is 38.7 Å². The maximum Gasteiger partial charge on any atom is 0.0807 e. The van der Waals surface area contributed by atoms with E-state index >= 15 is 0 Å². The predicted molar refractivity (Wildman–Crippen MR) is 103 cm³/mol. The molecule has 0 radical (unpaired) electrons. The zero-order valence-corrected chi connectivity index (χ0v) is 15.1. The van der Waals surface area contributed by atoms with Crippen LogP contribution in [0.15, 0.2) is 41.4 Å². The van der Waals surface area contributed by atoms with Crippen LogP contribution in [0.4, 0.5) is 0 Å². The number of hydrogen-bond acceptors (Lipinski definition) is 3. The highest BCUT2D eigenvalue weighted by Crippen LogP contribution is 2.55. The number of rotatable bonds is 3. The molecule has 4 heteroatoms. The Labute approximate surface area is 151 Å². The molecule has 2 aliphatic carbocycles. The summed E-state index contributed by atoms with van der Waals surface area (Å²) in [6, 6.07) is 8.39. The molecule has 25 heavy (non-hydrogen) atoms. The van der Waals surface area contributed by atoms with Crippen LogP contribution in [0.5, 0.6) is 0 Å². The molecule has 0 bridgehead atoms. The summed E-state index contributed by atoms with van der Waals surface area (Å²) in [5, 5.41) is 21.7. The number of thiophene rings is 1. The van der Waals surface area contributed by atoms with Gasteiger partial charge in [-0.05, 0) is 71.1 Å². The molecule has 2 aromatic heterocycles. The average molecular weight is 350 g/mol. The Bertz CT molecular complexity index is 969. The highest BCUT2D eigenvalue weighted by molar-refractivity contribution is 7.17. The number of fused-ring (bicyclic) bond motifs is 3. The van der Waals surface area contributed by atoms with E-state index in [0.717, 1.165) is 24.8 Å². The van der Waals surface area contributed by atoms with Gasteiger partial charge in [0, 0.05) is 4.70 Å². The van der Waals surface area contributed by atoms with Gasteiger partial charge in [-0.15, -0.1) is 11.3 Å². The lowest BCUT2D eigenvalue weighted by atomic mass is 9.68. The first-order valence-corrected chi connectivity index (χ1v) is 9.90. The summed E-state index contributed by atoms with van der Waals surface area (Å²) >= 11 is 1.73. The molecule has 3 aromatic rings. The molecule has 0 aliphatic heterocycles. The Balaban J connectivity index is 1.43. The minimum absolute atomic E-state index is 0.156. The van der Waals surface area contributed by atoms with Gasteiger partial charge in [-0.3, -0.25) is 5.10 Å². The standard InChI is InChI=1S/C21H22N2OS/c1-21-10-13-11-22-23-18(13)8-14(21)6-7-15(21)9-19(24)17-12-25-20-5-3-2-4-16(17)20/h2-5,8,11-12,15,19,24H,6-7,9-10H2,1H3,(H,22,23)/t15-,19-,21+/m1/s1. The fourth-order valence-electron chi connectivity index (χ4n) is 4.88. The minimum atomic E-state index is -0.386. The molecule has 1 aromatic carbocycles. The van der Waals surface area contributed by atoms with E-state index in [4.69, 9.17) is 0 Å². The van der Waals surface area contributed by atoms with Crippen LogP contribution in [0.2, 0.25) is 0 Å². The molecule has 0 saturated heterocycles. The average Bonchev–Trinajstić information content (AvgIpc) is 3.30. The van der Waals surface area contributed by atoms with Crippen LogP contribution in [-0.4, -0.2) is 15.3 Å². The smallest absolute Gasteiger partial charge is 0.0807 e. The molecule has 2 heterocycles. The molecule has 1 saturated carbocycles. The third-order valence-corrected chi connectivity index (χ3v) is 7.38. The number of aromatic nitrogens is 2. The van der Waals surface area contributed by atoms with Gasteiger partial charge in [-0.1, -0.05) is 30.7 Å². The van der Waals surface area contributed by atoms with Crippen LogP contribution in [0, 0.1) is 11.3 Å². The molecule has 2 N–H and O–H groups in total. The lowest BCUT2D eigenvalue weighted by Gasteiger charge is -2.36. The van der Waals surface area contributed by atoms with Crippen molar-refractivity contribution in [2.24, 2.45) is 11.3 Å². The summed E-state index contributed by atoms with van der Waals surface area (Å²) in [7, 11) is 0. The highest BCUT2D eigenvalue weighted by atomic mass is 32.1. The third-order valence-electron chi connectivity index (χ3n) is 6.40. The fraction of sp³-hybridized carbons (Fsp3) is 0.381. The summed E-state index contributed by atoms with van der Waals surface area (Å²) in [5.74, 6) is 0.510.